The van der Waals surface area contributed by atoms with Crippen LogP contribution in [0.5, 0.6) is 11.5 Å². The molecule has 15 heteroatoms. The van der Waals surface area contributed by atoms with Gasteiger partial charge in [-0.05, 0) is 122 Å². The van der Waals surface area contributed by atoms with Crippen LogP contribution < -0.4 is 19.7 Å². The number of nitrogens with one attached hydrogen (secondary N) is 3. The first-order valence-electron chi connectivity index (χ1n) is 22.3. The van der Waals surface area contributed by atoms with Crippen LogP contribution in [0.25, 0.3) is 11.0 Å². The number of hydrogen-bond donors (Lipinski definition) is 3. The van der Waals surface area contributed by atoms with Crippen LogP contribution in [0, 0.1) is 33.3 Å². The Morgan fingerprint density at radius 3 is 2.55 bits per heavy atom. The zero-order valence-electron chi connectivity index (χ0n) is 35.3. The number of amides is 1. The lowest BCUT2D eigenvalue weighted by Gasteiger charge is -2.56. The molecule has 3 N–H and O–H groups in total. The van der Waals surface area contributed by atoms with Gasteiger partial charge in [0.25, 0.3) is 15.9 Å². The number of nitrogens with zero attached hydrogens (tertiary/aromatic N) is 5. The van der Waals surface area contributed by atoms with Crippen molar-refractivity contribution in [3.63, 3.8) is 0 Å². The Balaban J connectivity index is 0.841. The predicted molar refractivity (Wildman–Crippen MR) is 237 cm³/mol. The van der Waals surface area contributed by atoms with E-state index < -0.39 is 31.4 Å². The van der Waals surface area contributed by atoms with Crippen LogP contribution in [0.15, 0.2) is 84.1 Å². The fourth-order valence-corrected chi connectivity index (χ4v) is 12.3. The van der Waals surface area contributed by atoms with Gasteiger partial charge in [-0.2, -0.15) is 0 Å². The van der Waals surface area contributed by atoms with Crippen LogP contribution in [0.2, 0.25) is 0 Å². The maximum atomic E-state index is 13.9. The van der Waals surface area contributed by atoms with E-state index in [0.29, 0.717) is 59.1 Å². The molecular weight excluding hydrogens is 805 g/mol. The number of carbonyl (C=O) groups is 1. The number of benzene rings is 2. The van der Waals surface area contributed by atoms with Crippen LogP contribution in [-0.2, 0) is 10.0 Å². The second kappa shape index (κ2) is 16.0. The molecule has 3 aliphatic carbocycles. The van der Waals surface area contributed by atoms with Gasteiger partial charge in [0.15, 0.2) is 0 Å². The number of pyridine rings is 2. The van der Waals surface area contributed by atoms with Crippen molar-refractivity contribution in [2.24, 2.45) is 23.2 Å². The van der Waals surface area contributed by atoms with Crippen molar-refractivity contribution in [1.82, 2.24) is 24.6 Å². The second-order valence-electron chi connectivity index (χ2n) is 18.6. The highest BCUT2D eigenvalue weighted by Gasteiger charge is 2.52. The minimum Gasteiger partial charge on any atom is -0.455 e. The molecule has 2 aliphatic heterocycles. The van der Waals surface area contributed by atoms with E-state index in [-0.39, 0.29) is 17.1 Å². The number of carbonyl (C=O) groups excluding carboxylic acids is 1. The number of aromatic amines is 1. The fraction of sp³-hybridized carbons (Fsp3) is 0.468. The summed E-state index contributed by atoms with van der Waals surface area (Å²) in [6, 6.07) is 19.9. The predicted octanol–water partition coefficient (Wildman–Crippen LogP) is 8.94. The summed E-state index contributed by atoms with van der Waals surface area (Å²) in [6.07, 6.45) is 14.9. The first kappa shape index (κ1) is 40.5. The van der Waals surface area contributed by atoms with Gasteiger partial charge in [0.1, 0.15) is 22.0 Å². The molecule has 2 saturated heterocycles. The van der Waals surface area contributed by atoms with E-state index in [4.69, 9.17) is 4.74 Å². The molecule has 324 valence electrons. The third-order valence-corrected chi connectivity index (χ3v) is 16.0. The lowest BCUT2D eigenvalue weighted by atomic mass is 9.59. The van der Waals surface area contributed by atoms with Gasteiger partial charge in [-0.1, -0.05) is 44.5 Å². The molecule has 5 heterocycles. The SMILES string of the molecule is CC(C)c1ccccc1[C@H]1CCCN1C1CC2(CCN(c3ccc(C(=O)NS(=O)(=O)c4cnc(NCC5C6CCCC65)c([N+](=O)[O-])c4)c(Oc4cnc5[nH]ccc5c4)c3)CC2)C1. The number of likely N-dealkylation sites (tertiary alicyclic amines) is 1. The molecule has 5 aliphatic rings. The van der Waals surface area contributed by atoms with Crippen LogP contribution in [0.4, 0.5) is 17.2 Å². The zero-order chi connectivity index (χ0) is 42.8. The molecule has 2 aromatic carbocycles. The number of aromatic nitrogens is 3. The molecular formula is C47H54N8O6S. The van der Waals surface area contributed by atoms with Crippen LogP contribution in [0.1, 0.15) is 105 Å². The van der Waals surface area contributed by atoms with E-state index in [1.54, 1.807) is 30.6 Å². The normalized spacial score (nSPS) is 23.4. The van der Waals surface area contributed by atoms with Crippen LogP contribution >= 0.6 is 0 Å². The molecule has 3 aromatic heterocycles. The molecule has 5 aromatic rings. The molecule has 14 nitrogen and oxygen atoms in total. The van der Waals surface area contributed by atoms with E-state index >= 15 is 0 Å². The molecule has 0 bridgehead atoms. The average Bonchev–Trinajstić information content (AvgIpc) is 3.76. The monoisotopic (exact) mass is 858 g/mol. The average molecular weight is 859 g/mol. The number of ether oxygens (including phenoxy) is 1. The highest BCUT2D eigenvalue weighted by Crippen LogP contribution is 2.57. The quantitative estimate of drug-likeness (QED) is 0.0761. The number of hydrogen-bond acceptors (Lipinski definition) is 11. The lowest BCUT2D eigenvalue weighted by molar-refractivity contribution is -0.384. The van der Waals surface area contributed by atoms with Crippen molar-refractivity contribution in [2.45, 2.75) is 94.5 Å². The largest absolute Gasteiger partial charge is 0.455 e. The van der Waals surface area contributed by atoms with Gasteiger partial charge in [0.05, 0.1) is 22.9 Å². The Morgan fingerprint density at radius 2 is 1.77 bits per heavy atom. The minimum absolute atomic E-state index is 0.00812. The maximum Gasteiger partial charge on any atom is 0.312 e. The molecule has 5 fully saturated rings. The summed E-state index contributed by atoms with van der Waals surface area (Å²) in [5.74, 6) is 1.84. The number of piperidine rings is 1. The smallest absolute Gasteiger partial charge is 0.312 e. The van der Waals surface area contributed by atoms with E-state index in [9.17, 15) is 23.3 Å². The number of sulfonamides is 1. The lowest BCUT2D eigenvalue weighted by Crippen LogP contribution is -2.54. The second-order valence-corrected chi connectivity index (χ2v) is 20.3. The zero-order valence-corrected chi connectivity index (χ0v) is 36.1. The summed E-state index contributed by atoms with van der Waals surface area (Å²) in [6.45, 7) is 7.98. The maximum absolute atomic E-state index is 13.9. The molecule has 10 rings (SSSR count). The highest BCUT2D eigenvalue weighted by atomic mass is 32.2. The number of anilines is 2. The molecule has 1 amide bonds. The molecule has 3 saturated carbocycles. The Morgan fingerprint density at radius 1 is 0.984 bits per heavy atom. The number of fused-ring (bicyclic) bond motifs is 2. The van der Waals surface area contributed by atoms with Crippen molar-refractivity contribution in [3.8, 4) is 11.5 Å². The Hall–Kier alpha value is -5.54. The molecule has 0 radical (unpaired) electrons. The Labute approximate surface area is 362 Å². The summed E-state index contributed by atoms with van der Waals surface area (Å²) < 4.78 is 35.8. The van der Waals surface area contributed by atoms with Crippen molar-refractivity contribution >= 4 is 44.2 Å². The number of H-pyrrole nitrogens is 1. The third-order valence-electron chi connectivity index (χ3n) is 14.7. The fourth-order valence-electron chi connectivity index (χ4n) is 11.4. The van der Waals surface area contributed by atoms with Crippen molar-refractivity contribution in [3.05, 3.63) is 106 Å². The van der Waals surface area contributed by atoms with Gasteiger partial charge < -0.3 is 19.9 Å². The first-order chi connectivity index (χ1) is 29.9. The van der Waals surface area contributed by atoms with Gasteiger partial charge >= 0.3 is 5.69 Å². The van der Waals surface area contributed by atoms with Gasteiger partial charge in [-0.25, -0.2) is 23.1 Å². The van der Waals surface area contributed by atoms with E-state index in [1.165, 1.54) is 56.1 Å². The van der Waals surface area contributed by atoms with E-state index in [1.807, 2.05) is 12.1 Å². The molecule has 1 spiro atoms. The van der Waals surface area contributed by atoms with Crippen LogP contribution in [0.3, 0.4) is 0 Å². The van der Waals surface area contributed by atoms with E-state index in [2.05, 4.69) is 72.9 Å². The van der Waals surface area contributed by atoms with Gasteiger partial charge in [0.2, 0.25) is 5.82 Å². The third kappa shape index (κ3) is 7.67. The topological polar surface area (TPSA) is 176 Å². The van der Waals surface area contributed by atoms with E-state index in [0.717, 1.165) is 55.8 Å². The van der Waals surface area contributed by atoms with Crippen molar-refractivity contribution in [1.29, 1.82) is 0 Å². The van der Waals surface area contributed by atoms with Crippen LogP contribution in [-0.4, -0.2) is 71.3 Å². The summed E-state index contributed by atoms with van der Waals surface area (Å²) in [7, 11) is -4.58. The van der Waals surface area contributed by atoms with Crippen molar-refractivity contribution in [2.75, 3.05) is 36.4 Å². The molecule has 3 atom stereocenters. The molecule has 62 heavy (non-hydrogen) atoms. The van der Waals surface area contributed by atoms with Gasteiger partial charge in [0, 0.05) is 61.1 Å². The van der Waals surface area contributed by atoms with Gasteiger partial charge in [-0.3, -0.25) is 19.8 Å². The Kier molecular flexibility index (Phi) is 10.4. The summed E-state index contributed by atoms with van der Waals surface area (Å²) in [5, 5.41) is 16.0. The standard InChI is InChI=1S/C47H54N8O6S/c1-29(2)35-7-3-4-8-38(35)41-11-6-18-54(41)32-24-47(25-32)15-19-53(20-16-47)31-12-13-39(43(22-31)61-33-21-30-14-17-48-44(30)49-26-33)46(56)52-62(59,60)34-23-42(55(57)58)45(50-27-34)51-28-40-36-9-5-10-37(36)40/h3-4,7-8,12-14,17,21-23,26-27,29,32,36-37,40-41H,5-6,9-11,15-16,18-20,24-25,28H2,1-2H3,(H,48,49)(H,50,51)(H,52,56)/t36?,37?,40?,41-/m1/s1. The number of rotatable bonds is 13. The summed E-state index contributed by atoms with van der Waals surface area (Å²) in [5.41, 5.74) is 4.33. The van der Waals surface area contributed by atoms with Gasteiger partial charge in [-0.15, -0.1) is 0 Å². The highest BCUT2D eigenvalue weighted by molar-refractivity contribution is 7.90. The first-order valence-corrected chi connectivity index (χ1v) is 23.7. The summed E-state index contributed by atoms with van der Waals surface area (Å²) in [4.78, 5) is 41.6. The minimum atomic E-state index is -4.58. The molecule has 2 unspecified atom stereocenters. The summed E-state index contributed by atoms with van der Waals surface area (Å²) >= 11 is 0. The Bertz CT molecular complexity index is 2620. The van der Waals surface area contributed by atoms with Crippen molar-refractivity contribution < 1.29 is 22.9 Å². The number of nitro groups is 1.